The van der Waals surface area contributed by atoms with E-state index in [4.69, 9.17) is 4.52 Å². The zero-order valence-electron chi connectivity index (χ0n) is 15.9. The molecule has 1 atom stereocenters. The zero-order chi connectivity index (χ0) is 18.2. The number of rotatable bonds is 4. The fraction of sp³-hybridized carbons (Fsp3) is 0.667. The van der Waals surface area contributed by atoms with Gasteiger partial charge < -0.3 is 14.0 Å². The van der Waals surface area contributed by atoms with E-state index in [1.807, 2.05) is 11.1 Å². The quantitative estimate of drug-likeness (QED) is 0.828. The van der Waals surface area contributed by atoms with E-state index in [0.717, 1.165) is 81.2 Å². The Morgan fingerprint density at radius 1 is 1.15 bits per heavy atom. The molecule has 144 valence electrons. The van der Waals surface area contributed by atoms with Crippen LogP contribution in [0.4, 0.5) is 0 Å². The number of carbonyl (C=O) groups is 1. The Labute approximate surface area is 159 Å². The first-order chi connectivity index (χ1) is 13.3. The van der Waals surface area contributed by atoms with E-state index in [1.165, 1.54) is 19.3 Å². The highest BCUT2D eigenvalue weighted by molar-refractivity contribution is 5.93. The predicted molar refractivity (Wildman–Crippen MR) is 101 cm³/mol. The molecule has 2 aromatic rings. The number of piperidine rings is 1. The Morgan fingerprint density at radius 2 is 2.04 bits per heavy atom. The van der Waals surface area contributed by atoms with Crippen molar-refractivity contribution in [2.24, 2.45) is 5.92 Å². The summed E-state index contributed by atoms with van der Waals surface area (Å²) in [6, 6.07) is 0. The number of imidazole rings is 1. The van der Waals surface area contributed by atoms with Crippen molar-refractivity contribution in [3.8, 4) is 0 Å². The van der Waals surface area contributed by atoms with Crippen molar-refractivity contribution in [3.63, 3.8) is 0 Å². The minimum absolute atomic E-state index is 0.0208. The Morgan fingerprint density at radius 3 is 2.89 bits per heavy atom. The molecule has 0 spiro atoms. The van der Waals surface area contributed by atoms with Crippen LogP contribution >= 0.6 is 0 Å². The molecule has 1 saturated heterocycles. The van der Waals surface area contributed by atoms with Gasteiger partial charge in [0.05, 0.1) is 5.69 Å². The minimum atomic E-state index is 0.0208. The van der Waals surface area contributed by atoms with Crippen molar-refractivity contribution < 1.29 is 9.32 Å². The molecule has 0 radical (unpaired) electrons. The van der Waals surface area contributed by atoms with Gasteiger partial charge in [-0.1, -0.05) is 11.6 Å². The Bertz CT molecular complexity index is 820. The molecular formula is C21H28N4O2. The average Bonchev–Trinajstić information content (AvgIpc) is 3.31. The van der Waals surface area contributed by atoms with Crippen LogP contribution in [0.5, 0.6) is 0 Å². The van der Waals surface area contributed by atoms with Crippen LogP contribution in [-0.4, -0.2) is 38.6 Å². The van der Waals surface area contributed by atoms with Crippen LogP contribution < -0.4 is 0 Å². The second kappa shape index (κ2) is 7.13. The summed E-state index contributed by atoms with van der Waals surface area (Å²) in [5.74, 6) is 2.78. The highest BCUT2D eigenvalue weighted by Crippen LogP contribution is 2.32. The van der Waals surface area contributed by atoms with Crippen molar-refractivity contribution in [1.82, 2.24) is 19.6 Å². The molecule has 3 heterocycles. The monoisotopic (exact) mass is 368 g/mol. The van der Waals surface area contributed by atoms with Gasteiger partial charge in [0, 0.05) is 43.5 Å². The highest BCUT2D eigenvalue weighted by atomic mass is 16.5. The summed E-state index contributed by atoms with van der Waals surface area (Å²) in [4.78, 5) is 19.8. The van der Waals surface area contributed by atoms with Crippen molar-refractivity contribution >= 4 is 5.91 Å². The second-order valence-corrected chi connectivity index (χ2v) is 8.47. The van der Waals surface area contributed by atoms with Gasteiger partial charge in [0.25, 0.3) is 5.91 Å². The van der Waals surface area contributed by atoms with E-state index in [0.29, 0.717) is 11.7 Å². The molecule has 3 aliphatic rings. The van der Waals surface area contributed by atoms with Crippen molar-refractivity contribution in [2.45, 2.75) is 70.3 Å². The molecule has 1 saturated carbocycles. The smallest absolute Gasteiger partial charge is 0.292 e. The van der Waals surface area contributed by atoms with Gasteiger partial charge in [0.15, 0.2) is 0 Å². The maximum Gasteiger partial charge on any atom is 0.292 e. The van der Waals surface area contributed by atoms with Gasteiger partial charge in [-0.2, -0.15) is 0 Å². The molecule has 2 aromatic heterocycles. The fourth-order valence-electron chi connectivity index (χ4n) is 4.86. The SMILES string of the molecule is O=C(c1onc2c1CCCC2)N1CCC[C@@H](c2nccn2CC2CCC2)C1. The molecule has 27 heavy (non-hydrogen) atoms. The molecule has 0 unspecified atom stereocenters. The van der Waals surface area contributed by atoms with Gasteiger partial charge in [-0.15, -0.1) is 0 Å². The van der Waals surface area contributed by atoms with E-state index in [-0.39, 0.29) is 5.91 Å². The van der Waals surface area contributed by atoms with Crippen molar-refractivity contribution in [2.75, 3.05) is 13.1 Å². The summed E-state index contributed by atoms with van der Waals surface area (Å²) in [6.07, 6.45) is 14.3. The van der Waals surface area contributed by atoms with Crippen LogP contribution in [0.3, 0.4) is 0 Å². The number of hydrogen-bond donors (Lipinski definition) is 0. The van der Waals surface area contributed by atoms with E-state index in [1.54, 1.807) is 0 Å². The molecular weight excluding hydrogens is 340 g/mol. The summed E-state index contributed by atoms with van der Waals surface area (Å²) in [5.41, 5.74) is 2.05. The topological polar surface area (TPSA) is 64.2 Å². The van der Waals surface area contributed by atoms with E-state index >= 15 is 0 Å². The van der Waals surface area contributed by atoms with Crippen LogP contribution in [0.15, 0.2) is 16.9 Å². The van der Waals surface area contributed by atoms with Crippen molar-refractivity contribution in [3.05, 3.63) is 35.2 Å². The molecule has 0 N–H and O–H groups in total. The summed E-state index contributed by atoms with van der Waals surface area (Å²) >= 11 is 0. The number of fused-ring (bicyclic) bond motifs is 1. The Hall–Kier alpha value is -2.11. The number of likely N-dealkylation sites (tertiary alicyclic amines) is 1. The van der Waals surface area contributed by atoms with Gasteiger partial charge in [-0.05, 0) is 57.3 Å². The lowest BCUT2D eigenvalue weighted by molar-refractivity contribution is 0.0659. The molecule has 1 amide bonds. The predicted octanol–water partition coefficient (Wildman–Crippen LogP) is 3.57. The summed E-state index contributed by atoms with van der Waals surface area (Å²) in [6.45, 7) is 2.61. The number of amides is 1. The van der Waals surface area contributed by atoms with Gasteiger partial charge in [-0.3, -0.25) is 4.79 Å². The molecule has 1 aliphatic heterocycles. The molecule has 2 aliphatic carbocycles. The lowest BCUT2D eigenvalue weighted by Crippen LogP contribution is -2.40. The third-order valence-electron chi connectivity index (χ3n) is 6.66. The van der Waals surface area contributed by atoms with E-state index < -0.39 is 0 Å². The number of aryl methyl sites for hydroxylation is 1. The van der Waals surface area contributed by atoms with Crippen LogP contribution in [0.2, 0.25) is 0 Å². The maximum absolute atomic E-state index is 13.1. The molecule has 0 aromatic carbocycles. The number of hydrogen-bond acceptors (Lipinski definition) is 4. The summed E-state index contributed by atoms with van der Waals surface area (Å²) in [5, 5.41) is 4.17. The second-order valence-electron chi connectivity index (χ2n) is 8.47. The average molecular weight is 368 g/mol. The van der Waals surface area contributed by atoms with Crippen LogP contribution in [0.1, 0.15) is 78.5 Å². The van der Waals surface area contributed by atoms with Gasteiger partial charge in [0.1, 0.15) is 5.82 Å². The Kier molecular flexibility index (Phi) is 4.50. The fourth-order valence-corrected chi connectivity index (χ4v) is 4.86. The van der Waals surface area contributed by atoms with E-state index in [9.17, 15) is 4.79 Å². The van der Waals surface area contributed by atoms with Gasteiger partial charge >= 0.3 is 0 Å². The van der Waals surface area contributed by atoms with Gasteiger partial charge in [-0.25, -0.2) is 4.98 Å². The maximum atomic E-state index is 13.1. The van der Waals surface area contributed by atoms with Crippen LogP contribution in [0, 0.1) is 5.92 Å². The Balaban J connectivity index is 1.32. The third kappa shape index (κ3) is 3.19. The molecule has 5 rings (SSSR count). The molecule has 0 bridgehead atoms. The largest absolute Gasteiger partial charge is 0.350 e. The first kappa shape index (κ1) is 17.0. The molecule has 6 heteroatoms. The number of carbonyl (C=O) groups excluding carboxylic acids is 1. The lowest BCUT2D eigenvalue weighted by Gasteiger charge is -2.33. The van der Waals surface area contributed by atoms with Gasteiger partial charge in [0.2, 0.25) is 5.76 Å². The standard InChI is InChI=1S/C21H28N4O2/c26-21(19-17-8-1-2-9-18(17)23-27-19)25-11-4-7-16(14-25)20-22-10-12-24(20)13-15-5-3-6-15/h10,12,15-16H,1-9,11,13-14H2/t16-/m1/s1. The van der Waals surface area contributed by atoms with Crippen LogP contribution in [-0.2, 0) is 19.4 Å². The van der Waals surface area contributed by atoms with E-state index in [2.05, 4.69) is 20.9 Å². The summed E-state index contributed by atoms with van der Waals surface area (Å²) in [7, 11) is 0. The van der Waals surface area contributed by atoms with Crippen molar-refractivity contribution in [1.29, 1.82) is 0 Å². The number of aromatic nitrogens is 3. The summed E-state index contributed by atoms with van der Waals surface area (Å²) < 4.78 is 7.83. The minimum Gasteiger partial charge on any atom is -0.350 e. The zero-order valence-corrected chi connectivity index (χ0v) is 15.9. The highest BCUT2D eigenvalue weighted by Gasteiger charge is 2.33. The molecule has 6 nitrogen and oxygen atoms in total. The first-order valence-electron chi connectivity index (χ1n) is 10.6. The van der Waals surface area contributed by atoms with Crippen LogP contribution in [0.25, 0.3) is 0 Å². The lowest BCUT2D eigenvalue weighted by atomic mass is 9.85. The number of nitrogens with zero attached hydrogens (tertiary/aromatic N) is 4. The normalized spacial score (nSPS) is 23.1. The third-order valence-corrected chi connectivity index (χ3v) is 6.66. The first-order valence-corrected chi connectivity index (χ1v) is 10.6. The molecule has 2 fully saturated rings.